The molecule has 1 heterocycles. The van der Waals surface area contributed by atoms with Crippen LogP contribution in [-0.4, -0.2) is 4.98 Å². The third kappa shape index (κ3) is 1.94. The Kier molecular flexibility index (Phi) is 2.64. The molecule has 0 aromatic carbocycles. The Bertz CT molecular complexity index is 287. The summed E-state index contributed by atoms with van der Waals surface area (Å²) in [5.41, 5.74) is 3.37. The molecule has 0 N–H and O–H groups in total. The molecule has 0 radical (unpaired) electrons. The summed E-state index contributed by atoms with van der Waals surface area (Å²) < 4.78 is 0. The molecule has 0 saturated heterocycles. The minimum atomic E-state index is 0.561. The van der Waals surface area contributed by atoms with E-state index in [4.69, 9.17) is 0 Å². The van der Waals surface area contributed by atoms with Gasteiger partial charge in [-0.2, -0.15) is 0 Å². The van der Waals surface area contributed by atoms with Crippen LogP contribution in [0.2, 0.25) is 0 Å². The molecule has 0 amide bonds. The van der Waals surface area contributed by atoms with Gasteiger partial charge in [0.2, 0.25) is 0 Å². The van der Waals surface area contributed by atoms with Crippen molar-refractivity contribution in [3.05, 3.63) is 35.7 Å². The van der Waals surface area contributed by atoms with Crippen molar-refractivity contribution in [3.8, 4) is 0 Å². The van der Waals surface area contributed by atoms with Crippen molar-refractivity contribution in [2.24, 2.45) is 0 Å². The van der Waals surface area contributed by atoms with Gasteiger partial charge in [0.15, 0.2) is 0 Å². The number of rotatable bonds is 2. The smallest absolute Gasteiger partial charge is 0.0629 e. The highest BCUT2D eigenvalue weighted by atomic mass is 14.7. The molecule has 1 nitrogen and oxygen atoms in total. The summed E-state index contributed by atoms with van der Waals surface area (Å²) in [5.74, 6) is 0.561. The van der Waals surface area contributed by atoms with Crippen molar-refractivity contribution in [3.63, 3.8) is 0 Å². The maximum Gasteiger partial charge on any atom is 0.0629 e. The van der Waals surface area contributed by atoms with Crippen LogP contribution in [0.25, 0.3) is 6.08 Å². The molecule has 1 aromatic heterocycles. The van der Waals surface area contributed by atoms with Crippen molar-refractivity contribution in [1.82, 2.24) is 4.98 Å². The molecule has 0 atom stereocenters. The first kappa shape index (κ1) is 8.98. The van der Waals surface area contributed by atoms with Crippen LogP contribution in [-0.2, 0) is 0 Å². The highest BCUT2D eigenvalue weighted by Gasteiger charge is 2.01. The lowest BCUT2D eigenvalue weighted by molar-refractivity contribution is 0.858. The van der Waals surface area contributed by atoms with E-state index >= 15 is 0 Å². The summed E-state index contributed by atoms with van der Waals surface area (Å²) in [5, 5.41) is 0. The molecule has 1 aromatic rings. The molecule has 0 fully saturated rings. The van der Waals surface area contributed by atoms with Gasteiger partial charge >= 0.3 is 0 Å². The minimum Gasteiger partial charge on any atom is -0.254 e. The van der Waals surface area contributed by atoms with Crippen LogP contribution in [0.1, 0.15) is 36.7 Å². The SMILES string of the molecule is C=Cc1cc(C(C)C)cc(C)n1. The summed E-state index contributed by atoms with van der Waals surface area (Å²) in [4.78, 5) is 4.32. The van der Waals surface area contributed by atoms with E-state index in [0.717, 1.165) is 11.4 Å². The molecule has 0 aliphatic carbocycles. The van der Waals surface area contributed by atoms with Crippen LogP contribution >= 0.6 is 0 Å². The number of pyridine rings is 1. The lowest BCUT2D eigenvalue weighted by Gasteiger charge is -2.06. The van der Waals surface area contributed by atoms with Gasteiger partial charge in [-0.1, -0.05) is 20.4 Å². The average molecular weight is 161 g/mol. The topological polar surface area (TPSA) is 12.9 Å². The van der Waals surface area contributed by atoms with E-state index in [2.05, 4.69) is 37.5 Å². The zero-order chi connectivity index (χ0) is 9.14. The van der Waals surface area contributed by atoms with E-state index in [1.54, 1.807) is 6.08 Å². The first-order chi connectivity index (χ1) is 5.63. The van der Waals surface area contributed by atoms with Crippen LogP contribution in [0.3, 0.4) is 0 Å². The minimum absolute atomic E-state index is 0.561. The Morgan fingerprint density at radius 2 is 2.08 bits per heavy atom. The number of hydrogen-bond acceptors (Lipinski definition) is 1. The standard InChI is InChI=1S/C11H15N/c1-5-11-7-10(8(2)3)6-9(4)12-11/h5-8H,1H2,2-4H3. The Balaban J connectivity index is 3.14. The van der Waals surface area contributed by atoms with Crippen molar-refractivity contribution in [2.75, 3.05) is 0 Å². The van der Waals surface area contributed by atoms with Gasteiger partial charge in [-0.25, -0.2) is 0 Å². The van der Waals surface area contributed by atoms with Gasteiger partial charge < -0.3 is 0 Å². The van der Waals surface area contributed by atoms with Crippen molar-refractivity contribution < 1.29 is 0 Å². The summed E-state index contributed by atoms with van der Waals surface area (Å²) in [6.45, 7) is 10.1. The van der Waals surface area contributed by atoms with E-state index < -0.39 is 0 Å². The largest absolute Gasteiger partial charge is 0.254 e. The van der Waals surface area contributed by atoms with Gasteiger partial charge in [0.25, 0.3) is 0 Å². The third-order valence-corrected chi connectivity index (χ3v) is 1.87. The first-order valence-corrected chi connectivity index (χ1v) is 4.24. The highest BCUT2D eigenvalue weighted by molar-refractivity contribution is 5.44. The molecule has 0 aliphatic rings. The predicted octanol–water partition coefficient (Wildman–Crippen LogP) is 3.16. The maximum atomic E-state index is 4.32. The quantitative estimate of drug-likeness (QED) is 0.649. The lowest BCUT2D eigenvalue weighted by atomic mass is 10.0. The molecular formula is C11H15N. The fourth-order valence-electron chi connectivity index (χ4n) is 1.16. The fourth-order valence-corrected chi connectivity index (χ4v) is 1.16. The molecule has 0 aliphatic heterocycles. The van der Waals surface area contributed by atoms with Gasteiger partial charge in [0, 0.05) is 5.69 Å². The van der Waals surface area contributed by atoms with Crippen LogP contribution in [0, 0.1) is 6.92 Å². The van der Waals surface area contributed by atoms with Gasteiger partial charge in [0.05, 0.1) is 5.69 Å². The Morgan fingerprint density at radius 1 is 1.42 bits per heavy atom. The number of nitrogens with zero attached hydrogens (tertiary/aromatic N) is 1. The maximum absolute atomic E-state index is 4.32. The van der Waals surface area contributed by atoms with Gasteiger partial charge in [0.1, 0.15) is 0 Å². The number of hydrogen-bond donors (Lipinski definition) is 0. The van der Waals surface area contributed by atoms with E-state index in [1.807, 2.05) is 6.92 Å². The van der Waals surface area contributed by atoms with Crippen LogP contribution in [0.4, 0.5) is 0 Å². The van der Waals surface area contributed by atoms with Gasteiger partial charge in [-0.15, -0.1) is 0 Å². The summed E-state index contributed by atoms with van der Waals surface area (Å²) >= 11 is 0. The lowest BCUT2D eigenvalue weighted by Crippen LogP contribution is -1.93. The van der Waals surface area contributed by atoms with Crippen LogP contribution < -0.4 is 0 Å². The fraction of sp³-hybridized carbons (Fsp3) is 0.364. The zero-order valence-corrected chi connectivity index (χ0v) is 7.96. The second-order valence-electron chi connectivity index (χ2n) is 3.33. The average Bonchev–Trinajstić information content (AvgIpc) is 2.03. The zero-order valence-electron chi connectivity index (χ0n) is 7.96. The monoisotopic (exact) mass is 161 g/mol. The van der Waals surface area contributed by atoms with E-state index in [0.29, 0.717) is 5.92 Å². The molecule has 0 saturated carbocycles. The Hall–Kier alpha value is -1.11. The predicted molar refractivity (Wildman–Crippen MR) is 53.2 cm³/mol. The first-order valence-electron chi connectivity index (χ1n) is 4.24. The molecule has 64 valence electrons. The van der Waals surface area contributed by atoms with Crippen LogP contribution in [0.15, 0.2) is 18.7 Å². The van der Waals surface area contributed by atoms with Crippen molar-refractivity contribution in [2.45, 2.75) is 26.7 Å². The third-order valence-electron chi connectivity index (χ3n) is 1.87. The summed E-state index contributed by atoms with van der Waals surface area (Å²) in [6.07, 6.45) is 1.79. The van der Waals surface area contributed by atoms with Crippen molar-refractivity contribution in [1.29, 1.82) is 0 Å². The number of aromatic nitrogens is 1. The molecule has 1 rings (SSSR count). The Morgan fingerprint density at radius 3 is 2.58 bits per heavy atom. The second kappa shape index (κ2) is 3.53. The molecule has 1 heteroatoms. The highest BCUT2D eigenvalue weighted by Crippen LogP contribution is 2.16. The van der Waals surface area contributed by atoms with E-state index in [-0.39, 0.29) is 0 Å². The van der Waals surface area contributed by atoms with Crippen molar-refractivity contribution >= 4 is 6.08 Å². The second-order valence-corrected chi connectivity index (χ2v) is 3.33. The molecule has 12 heavy (non-hydrogen) atoms. The molecule has 0 unspecified atom stereocenters. The van der Waals surface area contributed by atoms with Gasteiger partial charge in [-0.05, 0) is 36.6 Å². The van der Waals surface area contributed by atoms with E-state index in [1.165, 1.54) is 5.56 Å². The molecule has 0 spiro atoms. The summed E-state index contributed by atoms with van der Waals surface area (Å²) in [7, 11) is 0. The van der Waals surface area contributed by atoms with Crippen LogP contribution in [0.5, 0.6) is 0 Å². The Labute approximate surface area is 74.2 Å². The molecule has 0 bridgehead atoms. The summed E-state index contributed by atoms with van der Waals surface area (Å²) in [6, 6.07) is 4.21. The normalized spacial score (nSPS) is 10.3. The number of aryl methyl sites for hydroxylation is 1. The van der Waals surface area contributed by atoms with Gasteiger partial charge in [-0.3, -0.25) is 4.98 Å². The van der Waals surface area contributed by atoms with E-state index in [9.17, 15) is 0 Å². The molecular weight excluding hydrogens is 146 g/mol.